The highest BCUT2D eigenvalue weighted by Gasteiger charge is 2.37. The molecule has 2 aromatic rings. The lowest BCUT2D eigenvalue weighted by Crippen LogP contribution is -2.57. The minimum atomic E-state index is -4.51. The Morgan fingerprint density at radius 2 is 1.79 bits per heavy atom. The van der Waals surface area contributed by atoms with Crippen molar-refractivity contribution < 1.29 is 27.3 Å². The number of carbonyl (C=O) groups is 1. The van der Waals surface area contributed by atoms with Gasteiger partial charge in [0.15, 0.2) is 0 Å². The zero-order valence-electron chi connectivity index (χ0n) is 18.1. The lowest BCUT2D eigenvalue weighted by molar-refractivity contribution is -0.139. The minimum absolute atomic E-state index is 0.167. The summed E-state index contributed by atoms with van der Waals surface area (Å²) in [6.45, 7) is 4.75. The quantitative estimate of drug-likeness (QED) is 0.635. The van der Waals surface area contributed by atoms with Crippen molar-refractivity contribution in [2.24, 2.45) is 0 Å². The van der Waals surface area contributed by atoms with E-state index in [9.17, 15) is 27.3 Å². The van der Waals surface area contributed by atoms with Crippen molar-refractivity contribution in [1.29, 1.82) is 0 Å². The van der Waals surface area contributed by atoms with Crippen LogP contribution in [0.4, 0.5) is 18.9 Å². The van der Waals surface area contributed by atoms with Crippen molar-refractivity contribution in [3.05, 3.63) is 58.1 Å². The van der Waals surface area contributed by atoms with Gasteiger partial charge in [-0.15, -0.1) is 0 Å². The highest BCUT2D eigenvalue weighted by atomic mass is 35.5. The largest absolute Gasteiger partial charge is 0.481 e. The van der Waals surface area contributed by atoms with Gasteiger partial charge in [-0.2, -0.15) is 13.2 Å². The first-order valence-corrected chi connectivity index (χ1v) is 12.1. The maximum absolute atomic E-state index is 13.5. The monoisotopic (exact) mass is 500 g/mol. The third-order valence-corrected chi connectivity index (χ3v) is 8.42. The molecule has 1 N–H and O–H groups in total. The van der Waals surface area contributed by atoms with E-state index in [4.69, 9.17) is 11.6 Å². The molecule has 33 heavy (non-hydrogen) atoms. The molecule has 4 unspecified atom stereocenters. The molecular formula is C23H24ClF3N2O3S. The topological polar surface area (TPSA) is 60.9 Å². The number of piperazine rings is 1. The Hall–Kier alpha value is -2.10. The normalized spacial score (nSPS) is 24.5. The molecule has 10 heteroatoms. The van der Waals surface area contributed by atoms with E-state index in [2.05, 4.69) is 0 Å². The second-order valence-corrected chi connectivity index (χ2v) is 10.5. The standard InChI is InChI=1S/C23H24ClF3N2O3S/c1-13-11-28(16-5-8-20(21(24)9-16)23(25,26)27)12-14(2)29(13)33(32)17-6-3-15-4-7-18(22(30)31)19(15)10-17/h3,5-6,8-10,13-14,18H,4,7,11-12H2,1-2H3,(H,30,31). The Balaban J connectivity index is 1.54. The molecule has 0 radical (unpaired) electrons. The molecule has 0 bridgehead atoms. The predicted octanol–water partition coefficient (Wildman–Crippen LogP) is 5.10. The molecule has 0 aromatic heterocycles. The first kappa shape index (κ1) is 24.0. The smallest absolute Gasteiger partial charge is 0.417 e. The van der Waals surface area contributed by atoms with E-state index in [0.717, 1.165) is 17.2 Å². The molecule has 1 aliphatic carbocycles. The molecule has 1 heterocycles. The lowest BCUT2D eigenvalue weighted by atomic mass is 10.0. The molecule has 5 nitrogen and oxygen atoms in total. The van der Waals surface area contributed by atoms with Gasteiger partial charge >= 0.3 is 12.1 Å². The zero-order valence-corrected chi connectivity index (χ0v) is 19.7. The Morgan fingerprint density at radius 1 is 1.12 bits per heavy atom. The Labute approximate surface area is 197 Å². The number of carboxylic acid groups (broad SMARTS) is 1. The van der Waals surface area contributed by atoms with Gasteiger partial charge in [0.2, 0.25) is 0 Å². The Morgan fingerprint density at radius 3 is 2.36 bits per heavy atom. The van der Waals surface area contributed by atoms with Crippen LogP contribution in [0.5, 0.6) is 0 Å². The molecule has 0 amide bonds. The summed E-state index contributed by atoms with van der Waals surface area (Å²) in [5, 5.41) is 9.13. The van der Waals surface area contributed by atoms with Crippen molar-refractivity contribution >= 4 is 34.2 Å². The average molecular weight is 501 g/mol. The van der Waals surface area contributed by atoms with Crippen molar-refractivity contribution in [1.82, 2.24) is 4.31 Å². The van der Waals surface area contributed by atoms with Crippen LogP contribution in [-0.4, -0.2) is 44.8 Å². The number of aryl methyl sites for hydroxylation is 1. The molecule has 4 rings (SSSR count). The van der Waals surface area contributed by atoms with Crippen molar-refractivity contribution in [3.8, 4) is 0 Å². The van der Waals surface area contributed by atoms with Gasteiger partial charge in [-0.05, 0) is 68.1 Å². The second kappa shape index (κ2) is 8.92. The number of hydrogen-bond donors (Lipinski definition) is 1. The van der Waals surface area contributed by atoms with E-state index in [1.807, 2.05) is 29.1 Å². The number of rotatable bonds is 4. The predicted molar refractivity (Wildman–Crippen MR) is 121 cm³/mol. The number of hydrogen-bond acceptors (Lipinski definition) is 3. The molecule has 1 aliphatic heterocycles. The maximum Gasteiger partial charge on any atom is 0.417 e. The van der Waals surface area contributed by atoms with Crippen LogP contribution in [0.15, 0.2) is 41.3 Å². The Kier molecular flexibility index (Phi) is 6.50. The summed E-state index contributed by atoms with van der Waals surface area (Å²) >= 11 is 5.90. The summed E-state index contributed by atoms with van der Waals surface area (Å²) in [6, 6.07) is 8.79. The van der Waals surface area contributed by atoms with E-state index in [0.29, 0.717) is 36.5 Å². The maximum atomic E-state index is 13.5. The van der Waals surface area contributed by atoms with Crippen LogP contribution in [-0.2, 0) is 28.4 Å². The molecule has 0 spiro atoms. The van der Waals surface area contributed by atoms with Gasteiger partial charge in [0.1, 0.15) is 11.0 Å². The van der Waals surface area contributed by atoms with Gasteiger partial charge in [-0.1, -0.05) is 17.7 Å². The van der Waals surface area contributed by atoms with Gasteiger partial charge in [-0.25, -0.2) is 8.51 Å². The second-order valence-electron chi connectivity index (χ2n) is 8.66. The number of aliphatic carboxylic acids is 1. The van der Waals surface area contributed by atoms with Gasteiger partial charge in [0, 0.05) is 30.9 Å². The zero-order chi connectivity index (χ0) is 24.1. The van der Waals surface area contributed by atoms with Gasteiger partial charge in [-0.3, -0.25) is 4.79 Å². The van der Waals surface area contributed by atoms with Crippen LogP contribution in [0.25, 0.3) is 0 Å². The minimum Gasteiger partial charge on any atom is -0.481 e. The molecule has 178 valence electrons. The molecule has 1 saturated heterocycles. The number of halogens is 4. The summed E-state index contributed by atoms with van der Waals surface area (Å²) in [5.41, 5.74) is 1.42. The summed E-state index contributed by atoms with van der Waals surface area (Å²) in [5.74, 6) is -1.45. The van der Waals surface area contributed by atoms with Crippen LogP contribution < -0.4 is 4.90 Å². The van der Waals surface area contributed by atoms with Crippen molar-refractivity contribution in [3.63, 3.8) is 0 Å². The highest BCUT2D eigenvalue weighted by Crippen LogP contribution is 2.38. The number of carboxylic acids is 1. The summed E-state index contributed by atoms with van der Waals surface area (Å²) < 4.78 is 54.4. The fourth-order valence-electron chi connectivity index (χ4n) is 4.84. The van der Waals surface area contributed by atoms with Gasteiger partial charge < -0.3 is 10.0 Å². The molecule has 1 fully saturated rings. The fraction of sp³-hybridized carbons (Fsp3) is 0.435. The van der Waals surface area contributed by atoms with E-state index in [1.54, 1.807) is 12.1 Å². The van der Waals surface area contributed by atoms with Gasteiger partial charge in [0.25, 0.3) is 0 Å². The van der Waals surface area contributed by atoms with Crippen LogP contribution in [0.1, 0.15) is 42.9 Å². The number of fused-ring (bicyclic) bond motifs is 1. The van der Waals surface area contributed by atoms with E-state index >= 15 is 0 Å². The van der Waals surface area contributed by atoms with E-state index < -0.39 is 34.6 Å². The third kappa shape index (κ3) is 4.63. The fourth-order valence-corrected chi connectivity index (χ4v) is 6.57. The van der Waals surface area contributed by atoms with Gasteiger partial charge in [0.05, 0.1) is 21.4 Å². The van der Waals surface area contributed by atoms with E-state index in [1.165, 1.54) is 12.1 Å². The van der Waals surface area contributed by atoms with Crippen LogP contribution in [0.2, 0.25) is 5.02 Å². The van der Waals surface area contributed by atoms with Crippen molar-refractivity contribution in [2.45, 2.75) is 55.8 Å². The molecule has 0 saturated carbocycles. The van der Waals surface area contributed by atoms with E-state index in [-0.39, 0.29) is 17.1 Å². The van der Waals surface area contributed by atoms with Crippen molar-refractivity contribution in [2.75, 3.05) is 18.0 Å². The first-order valence-electron chi connectivity index (χ1n) is 10.6. The number of anilines is 1. The summed E-state index contributed by atoms with van der Waals surface area (Å²) in [6.07, 6.45) is -3.27. The third-order valence-electron chi connectivity index (χ3n) is 6.35. The first-order chi connectivity index (χ1) is 15.5. The molecule has 2 aromatic carbocycles. The number of nitrogens with zero attached hydrogens (tertiary/aromatic N) is 2. The molecule has 2 aliphatic rings. The van der Waals surface area contributed by atoms with Crippen LogP contribution in [0, 0.1) is 0 Å². The molecule has 4 atom stereocenters. The Bertz CT molecular complexity index is 1100. The van der Waals surface area contributed by atoms with Crippen LogP contribution in [0.3, 0.4) is 0 Å². The lowest BCUT2D eigenvalue weighted by Gasteiger charge is -2.44. The average Bonchev–Trinajstić information content (AvgIpc) is 3.15. The summed E-state index contributed by atoms with van der Waals surface area (Å²) in [7, 11) is -1.50. The highest BCUT2D eigenvalue weighted by molar-refractivity contribution is 7.82. The van der Waals surface area contributed by atoms with Crippen LogP contribution >= 0.6 is 11.6 Å². The number of benzene rings is 2. The number of alkyl halides is 3. The SMILES string of the molecule is CC1CN(c2ccc(C(F)(F)F)c(Cl)c2)CC(C)N1S(=O)c1ccc2c(c1)C(C(=O)O)CC2. The molecular weight excluding hydrogens is 477 g/mol. The summed E-state index contributed by atoms with van der Waals surface area (Å²) in [4.78, 5) is 14.1.